The Labute approximate surface area is 189 Å². The number of aromatic nitrogens is 2. The standard InChI is InChI=1S/C20H21Cl3N4O3/c1-19(2,3)30-18(29)26-20(4)9-27(10-20)13-8-24-15(17(23)25-13)16(28)11-6-5-7-12(21)14(11)22/h5-8H,9-10H2,1-4H3,(H,26,29). The summed E-state index contributed by atoms with van der Waals surface area (Å²) in [6, 6.07) is 4.75. The van der Waals surface area contributed by atoms with Crippen molar-refractivity contribution in [1.29, 1.82) is 0 Å². The Balaban J connectivity index is 1.69. The normalized spacial score (nSPS) is 15.4. The van der Waals surface area contributed by atoms with E-state index in [9.17, 15) is 9.59 Å². The molecule has 1 aliphatic rings. The van der Waals surface area contributed by atoms with Crippen molar-refractivity contribution in [3.63, 3.8) is 0 Å². The minimum Gasteiger partial charge on any atom is -0.444 e. The third-order valence-electron chi connectivity index (χ3n) is 4.33. The van der Waals surface area contributed by atoms with E-state index >= 15 is 0 Å². The van der Waals surface area contributed by atoms with Crippen molar-refractivity contribution in [1.82, 2.24) is 15.3 Å². The minimum atomic E-state index is -0.572. The molecule has 1 aromatic carbocycles. The predicted octanol–water partition coefficient (Wildman–Crippen LogP) is 4.77. The largest absolute Gasteiger partial charge is 0.444 e. The number of halogens is 3. The van der Waals surface area contributed by atoms with E-state index in [0.29, 0.717) is 18.9 Å². The van der Waals surface area contributed by atoms with Crippen LogP contribution in [-0.4, -0.2) is 46.1 Å². The molecule has 0 atom stereocenters. The van der Waals surface area contributed by atoms with E-state index in [4.69, 9.17) is 39.5 Å². The first-order chi connectivity index (χ1) is 13.9. The average molecular weight is 472 g/mol. The second-order valence-corrected chi connectivity index (χ2v) is 9.48. The van der Waals surface area contributed by atoms with E-state index in [0.717, 1.165) is 0 Å². The van der Waals surface area contributed by atoms with Gasteiger partial charge in [0.15, 0.2) is 5.15 Å². The van der Waals surface area contributed by atoms with E-state index in [1.54, 1.807) is 39.0 Å². The number of hydrogen-bond acceptors (Lipinski definition) is 6. The van der Waals surface area contributed by atoms with Crippen molar-refractivity contribution in [3.8, 4) is 0 Å². The number of carbonyl (C=O) groups excluding carboxylic acids is 2. The quantitative estimate of drug-likeness (QED) is 0.647. The summed E-state index contributed by atoms with van der Waals surface area (Å²) in [6.07, 6.45) is 0.984. The zero-order valence-electron chi connectivity index (χ0n) is 16.9. The highest BCUT2D eigenvalue weighted by Crippen LogP contribution is 2.30. The predicted molar refractivity (Wildman–Crippen MR) is 117 cm³/mol. The van der Waals surface area contributed by atoms with Gasteiger partial charge < -0.3 is 15.0 Å². The van der Waals surface area contributed by atoms with E-state index in [-0.39, 0.29) is 26.5 Å². The van der Waals surface area contributed by atoms with Crippen molar-refractivity contribution < 1.29 is 14.3 Å². The lowest BCUT2D eigenvalue weighted by Crippen LogP contribution is -2.69. The Morgan fingerprint density at radius 3 is 2.47 bits per heavy atom. The SMILES string of the molecule is CC1(NC(=O)OC(C)(C)C)CN(c2cnc(C(=O)c3cccc(Cl)c3Cl)c(Cl)n2)C1. The molecule has 1 saturated heterocycles. The molecule has 30 heavy (non-hydrogen) atoms. The molecule has 7 nitrogen and oxygen atoms in total. The summed E-state index contributed by atoms with van der Waals surface area (Å²) in [5, 5.41) is 3.22. The number of rotatable bonds is 4. The van der Waals surface area contributed by atoms with E-state index in [2.05, 4.69) is 15.3 Å². The van der Waals surface area contributed by atoms with Crippen LogP contribution in [0.15, 0.2) is 24.4 Å². The maximum absolute atomic E-state index is 12.7. The van der Waals surface area contributed by atoms with Gasteiger partial charge in [-0.25, -0.2) is 14.8 Å². The maximum Gasteiger partial charge on any atom is 0.408 e. The molecule has 160 valence electrons. The zero-order valence-corrected chi connectivity index (χ0v) is 19.2. The monoisotopic (exact) mass is 470 g/mol. The molecule has 1 fully saturated rings. The summed E-state index contributed by atoms with van der Waals surface area (Å²) in [5.74, 6) is 0.0313. The van der Waals surface area contributed by atoms with Gasteiger partial charge in [-0.3, -0.25) is 4.79 Å². The summed E-state index contributed by atoms with van der Waals surface area (Å²) in [5.41, 5.74) is -0.859. The number of ether oxygens (including phenoxy) is 1. The molecule has 1 amide bonds. The highest BCUT2D eigenvalue weighted by molar-refractivity contribution is 6.44. The van der Waals surface area contributed by atoms with Crippen LogP contribution in [0.2, 0.25) is 15.2 Å². The van der Waals surface area contributed by atoms with Crippen molar-refractivity contribution in [2.75, 3.05) is 18.0 Å². The number of ketones is 1. The van der Waals surface area contributed by atoms with Crippen LogP contribution in [0.5, 0.6) is 0 Å². The van der Waals surface area contributed by atoms with Crippen LogP contribution in [0.4, 0.5) is 10.6 Å². The molecule has 0 unspecified atom stereocenters. The van der Waals surface area contributed by atoms with Gasteiger partial charge in [0.25, 0.3) is 0 Å². The summed E-state index contributed by atoms with van der Waals surface area (Å²) in [4.78, 5) is 35.1. The third-order valence-corrected chi connectivity index (χ3v) is 5.42. The van der Waals surface area contributed by atoms with Gasteiger partial charge >= 0.3 is 6.09 Å². The molecule has 3 rings (SSSR count). The van der Waals surface area contributed by atoms with Gasteiger partial charge in [0.1, 0.15) is 17.1 Å². The lowest BCUT2D eigenvalue weighted by molar-refractivity contribution is 0.0445. The van der Waals surface area contributed by atoms with Gasteiger partial charge in [-0.15, -0.1) is 0 Å². The first-order valence-electron chi connectivity index (χ1n) is 9.16. The van der Waals surface area contributed by atoms with E-state index < -0.39 is 23.0 Å². The van der Waals surface area contributed by atoms with E-state index in [1.165, 1.54) is 6.20 Å². The van der Waals surface area contributed by atoms with Crippen LogP contribution in [0.25, 0.3) is 0 Å². The molecule has 0 aliphatic carbocycles. The Kier molecular flexibility index (Phi) is 6.18. The van der Waals surface area contributed by atoms with Gasteiger partial charge in [-0.1, -0.05) is 40.9 Å². The maximum atomic E-state index is 12.7. The molecule has 1 N–H and O–H groups in total. The molecular formula is C20H21Cl3N4O3. The number of carbonyl (C=O) groups is 2. The van der Waals surface area contributed by atoms with Crippen LogP contribution >= 0.6 is 34.8 Å². The van der Waals surface area contributed by atoms with Crippen LogP contribution in [-0.2, 0) is 4.74 Å². The van der Waals surface area contributed by atoms with Crippen molar-refractivity contribution in [3.05, 3.63) is 50.9 Å². The first-order valence-corrected chi connectivity index (χ1v) is 10.3. The van der Waals surface area contributed by atoms with Crippen molar-refractivity contribution in [2.24, 2.45) is 0 Å². The van der Waals surface area contributed by atoms with Gasteiger partial charge in [-0.05, 0) is 39.8 Å². The topological polar surface area (TPSA) is 84.4 Å². The lowest BCUT2D eigenvalue weighted by atomic mass is 9.92. The molecule has 2 heterocycles. The molecule has 0 saturated carbocycles. The smallest absolute Gasteiger partial charge is 0.408 e. The zero-order chi connectivity index (χ0) is 22.3. The second-order valence-electron chi connectivity index (χ2n) is 8.34. The molecule has 10 heteroatoms. The van der Waals surface area contributed by atoms with Crippen molar-refractivity contribution in [2.45, 2.75) is 38.8 Å². The summed E-state index contributed by atoms with van der Waals surface area (Å²) < 4.78 is 5.30. The highest BCUT2D eigenvalue weighted by atomic mass is 35.5. The number of nitrogens with zero attached hydrogens (tertiary/aromatic N) is 3. The Bertz CT molecular complexity index is 1000. The fraction of sp³-hybridized carbons (Fsp3) is 0.400. The van der Waals surface area contributed by atoms with Gasteiger partial charge in [0.05, 0.1) is 21.8 Å². The Hall–Kier alpha value is -2.09. The average Bonchev–Trinajstić information content (AvgIpc) is 2.59. The van der Waals surface area contributed by atoms with Crippen LogP contribution in [0.1, 0.15) is 43.7 Å². The summed E-state index contributed by atoms with van der Waals surface area (Å²) in [6.45, 7) is 8.30. The highest BCUT2D eigenvalue weighted by Gasteiger charge is 2.42. The molecule has 0 spiro atoms. The fourth-order valence-electron chi connectivity index (χ4n) is 3.06. The summed E-state index contributed by atoms with van der Waals surface area (Å²) in [7, 11) is 0. The van der Waals surface area contributed by atoms with Gasteiger partial charge in [0, 0.05) is 18.7 Å². The van der Waals surface area contributed by atoms with E-state index in [1.807, 2.05) is 11.8 Å². The van der Waals surface area contributed by atoms with Crippen molar-refractivity contribution >= 4 is 52.5 Å². The molecule has 1 aliphatic heterocycles. The number of benzene rings is 1. The van der Waals surface area contributed by atoms with Gasteiger partial charge in [-0.2, -0.15) is 0 Å². The number of nitrogens with one attached hydrogen (secondary N) is 1. The molecule has 1 aromatic heterocycles. The number of amides is 1. The minimum absolute atomic E-state index is 0.0141. The molecular weight excluding hydrogens is 451 g/mol. The Morgan fingerprint density at radius 1 is 1.20 bits per heavy atom. The van der Waals surface area contributed by atoms with Crippen LogP contribution < -0.4 is 10.2 Å². The number of anilines is 1. The summed E-state index contributed by atoms with van der Waals surface area (Å²) >= 11 is 18.3. The fourth-order valence-corrected chi connectivity index (χ4v) is 3.66. The lowest BCUT2D eigenvalue weighted by Gasteiger charge is -2.48. The molecule has 0 radical (unpaired) electrons. The number of hydrogen-bond donors (Lipinski definition) is 1. The van der Waals surface area contributed by atoms with Gasteiger partial charge in [0.2, 0.25) is 5.78 Å². The van der Waals surface area contributed by atoms with Crippen LogP contribution in [0, 0.1) is 0 Å². The van der Waals surface area contributed by atoms with Crippen LogP contribution in [0.3, 0.4) is 0 Å². The third kappa shape index (κ3) is 4.96. The second kappa shape index (κ2) is 8.21. The molecule has 0 bridgehead atoms. The Morgan fingerprint density at radius 2 is 1.87 bits per heavy atom. The number of alkyl carbamates (subject to hydrolysis) is 1. The first kappa shape index (κ1) is 22.6. The molecule has 2 aromatic rings.